The van der Waals surface area contributed by atoms with Crippen LogP contribution in [-0.2, 0) is 9.57 Å². The van der Waals surface area contributed by atoms with Crippen LogP contribution in [0.15, 0.2) is 6.08 Å². The molecular formula is C10H13N3O2S. The molecular weight excluding hydrogens is 226 g/mol. The normalized spacial score (nSPS) is 15.8. The van der Waals surface area contributed by atoms with E-state index in [1.807, 2.05) is 13.0 Å². The van der Waals surface area contributed by atoms with Crippen LogP contribution in [0.4, 0.5) is 0 Å². The molecule has 0 amide bonds. The Morgan fingerprint density at radius 2 is 2.50 bits per heavy atom. The van der Waals surface area contributed by atoms with Crippen LogP contribution in [0, 0.1) is 12.3 Å². The summed E-state index contributed by atoms with van der Waals surface area (Å²) in [5.74, 6) is 4.92. The van der Waals surface area contributed by atoms with Crippen molar-refractivity contribution in [3.8, 4) is 0 Å². The molecule has 1 aromatic heterocycles. The molecule has 0 bridgehead atoms. The summed E-state index contributed by atoms with van der Waals surface area (Å²) in [5.41, 5.74) is 1.69. The van der Waals surface area contributed by atoms with E-state index in [1.54, 1.807) is 11.3 Å². The molecule has 1 aromatic rings. The van der Waals surface area contributed by atoms with Gasteiger partial charge in [0.25, 0.3) is 5.90 Å². The lowest BCUT2D eigenvalue weighted by atomic mass is 10.1. The summed E-state index contributed by atoms with van der Waals surface area (Å²) in [6.45, 7) is 3.23. The molecule has 2 rings (SSSR count). The Balaban J connectivity index is 2.39. The van der Waals surface area contributed by atoms with Gasteiger partial charge in [0.05, 0.1) is 23.1 Å². The SMILES string of the molecule is Cc1nc(C(=N)ON)c(C2=CCOCC2)s1. The molecule has 0 atom stereocenters. The predicted octanol–water partition coefficient (Wildman–Crippen LogP) is 1.47. The van der Waals surface area contributed by atoms with E-state index in [-0.39, 0.29) is 5.90 Å². The largest absolute Gasteiger partial charge is 0.389 e. The second-order valence-corrected chi connectivity index (χ2v) is 4.62. The highest BCUT2D eigenvalue weighted by atomic mass is 32.1. The van der Waals surface area contributed by atoms with Gasteiger partial charge in [0, 0.05) is 0 Å². The lowest BCUT2D eigenvalue weighted by Crippen LogP contribution is -2.13. The molecule has 5 nitrogen and oxygen atoms in total. The van der Waals surface area contributed by atoms with Crippen molar-refractivity contribution in [1.29, 1.82) is 5.41 Å². The van der Waals surface area contributed by atoms with E-state index in [0.29, 0.717) is 18.9 Å². The number of aryl methyl sites for hydroxylation is 1. The topological polar surface area (TPSA) is 81.2 Å². The van der Waals surface area contributed by atoms with Crippen LogP contribution in [0.3, 0.4) is 0 Å². The van der Waals surface area contributed by atoms with Crippen LogP contribution < -0.4 is 5.90 Å². The lowest BCUT2D eigenvalue weighted by Gasteiger charge is -2.12. The number of ether oxygens (including phenoxy) is 1. The summed E-state index contributed by atoms with van der Waals surface area (Å²) in [6, 6.07) is 0. The predicted molar refractivity (Wildman–Crippen MR) is 62.4 cm³/mol. The van der Waals surface area contributed by atoms with Gasteiger partial charge in [-0.3, -0.25) is 5.41 Å². The number of nitrogens with one attached hydrogen (secondary N) is 1. The molecule has 0 unspecified atom stereocenters. The van der Waals surface area contributed by atoms with Crippen molar-refractivity contribution < 1.29 is 9.57 Å². The average Bonchev–Trinajstić information content (AvgIpc) is 2.71. The van der Waals surface area contributed by atoms with Crippen LogP contribution >= 0.6 is 11.3 Å². The fourth-order valence-corrected chi connectivity index (χ4v) is 2.57. The maximum atomic E-state index is 7.59. The van der Waals surface area contributed by atoms with E-state index in [0.717, 1.165) is 21.9 Å². The van der Waals surface area contributed by atoms with Crippen LogP contribution in [0.5, 0.6) is 0 Å². The highest BCUT2D eigenvalue weighted by Crippen LogP contribution is 2.30. The summed E-state index contributed by atoms with van der Waals surface area (Å²) in [5, 5.41) is 8.49. The molecule has 86 valence electrons. The minimum atomic E-state index is -0.0910. The third kappa shape index (κ3) is 2.13. The standard InChI is InChI=1S/C10H13N3O2S/c1-6-13-8(10(11)15-12)9(16-6)7-2-4-14-5-3-7/h2,11H,3-5,12H2,1H3. The fourth-order valence-electron chi connectivity index (χ4n) is 1.59. The fraction of sp³-hybridized carbons (Fsp3) is 0.400. The Hall–Kier alpha value is -1.24. The van der Waals surface area contributed by atoms with Gasteiger partial charge in [0.2, 0.25) is 0 Å². The van der Waals surface area contributed by atoms with Crippen LogP contribution in [-0.4, -0.2) is 24.1 Å². The number of hydrogen-bond donors (Lipinski definition) is 2. The monoisotopic (exact) mass is 239 g/mol. The number of nitrogens with two attached hydrogens (primary N) is 1. The number of hydrogen-bond acceptors (Lipinski definition) is 6. The van der Waals surface area contributed by atoms with Crippen molar-refractivity contribution in [2.75, 3.05) is 13.2 Å². The lowest BCUT2D eigenvalue weighted by molar-refractivity contribution is 0.161. The first-order chi connectivity index (χ1) is 7.72. The molecule has 0 saturated heterocycles. The first kappa shape index (κ1) is 11.3. The molecule has 0 saturated carbocycles. The van der Waals surface area contributed by atoms with E-state index in [9.17, 15) is 0 Å². The smallest absolute Gasteiger partial charge is 0.257 e. The quantitative estimate of drug-likeness (QED) is 0.465. The molecule has 0 fully saturated rings. The highest BCUT2D eigenvalue weighted by Gasteiger charge is 2.19. The van der Waals surface area contributed by atoms with Crippen LogP contribution in [0.2, 0.25) is 0 Å². The summed E-state index contributed by atoms with van der Waals surface area (Å²) in [6.07, 6.45) is 2.86. The highest BCUT2D eigenvalue weighted by molar-refractivity contribution is 7.13. The van der Waals surface area contributed by atoms with Gasteiger partial charge in [-0.2, -0.15) is 5.90 Å². The summed E-state index contributed by atoms with van der Waals surface area (Å²) in [7, 11) is 0. The first-order valence-corrected chi connectivity index (χ1v) is 5.74. The van der Waals surface area contributed by atoms with Crippen molar-refractivity contribution in [2.45, 2.75) is 13.3 Å². The minimum Gasteiger partial charge on any atom is -0.389 e. The Bertz CT molecular complexity index is 439. The van der Waals surface area contributed by atoms with Crippen molar-refractivity contribution in [1.82, 2.24) is 4.98 Å². The van der Waals surface area contributed by atoms with Crippen molar-refractivity contribution in [3.05, 3.63) is 21.7 Å². The molecule has 0 radical (unpaired) electrons. The van der Waals surface area contributed by atoms with E-state index in [4.69, 9.17) is 16.0 Å². The molecule has 0 aliphatic carbocycles. The average molecular weight is 239 g/mol. The third-order valence-corrected chi connectivity index (χ3v) is 3.37. The van der Waals surface area contributed by atoms with E-state index >= 15 is 0 Å². The van der Waals surface area contributed by atoms with E-state index in [1.165, 1.54) is 0 Å². The Morgan fingerprint density at radius 1 is 1.69 bits per heavy atom. The zero-order valence-electron chi connectivity index (χ0n) is 8.95. The summed E-state index contributed by atoms with van der Waals surface area (Å²) in [4.78, 5) is 9.68. The molecule has 3 N–H and O–H groups in total. The number of thiazole rings is 1. The summed E-state index contributed by atoms with van der Waals surface area (Å²) < 4.78 is 5.25. The molecule has 1 aliphatic heterocycles. The third-order valence-electron chi connectivity index (χ3n) is 2.32. The molecule has 2 heterocycles. The van der Waals surface area contributed by atoms with Gasteiger partial charge in [-0.05, 0) is 18.9 Å². The molecule has 0 spiro atoms. The van der Waals surface area contributed by atoms with Gasteiger partial charge < -0.3 is 9.57 Å². The maximum Gasteiger partial charge on any atom is 0.257 e. The van der Waals surface area contributed by atoms with Crippen molar-refractivity contribution >= 4 is 22.8 Å². The Morgan fingerprint density at radius 3 is 3.12 bits per heavy atom. The number of nitrogens with zero attached hydrogens (tertiary/aromatic N) is 1. The van der Waals surface area contributed by atoms with Gasteiger partial charge in [0.1, 0.15) is 5.69 Å². The van der Waals surface area contributed by atoms with Crippen molar-refractivity contribution in [3.63, 3.8) is 0 Å². The Labute approximate surface area is 97.4 Å². The van der Waals surface area contributed by atoms with Gasteiger partial charge in [0.15, 0.2) is 0 Å². The first-order valence-electron chi connectivity index (χ1n) is 4.92. The second-order valence-electron chi connectivity index (χ2n) is 3.41. The second kappa shape index (κ2) is 4.73. The Kier molecular flexibility index (Phi) is 3.33. The zero-order chi connectivity index (χ0) is 11.5. The molecule has 1 aliphatic rings. The molecule has 0 aromatic carbocycles. The van der Waals surface area contributed by atoms with Crippen molar-refractivity contribution in [2.24, 2.45) is 5.90 Å². The minimum absolute atomic E-state index is 0.0910. The molecule has 6 heteroatoms. The van der Waals surface area contributed by atoms with Crippen LogP contribution in [0.1, 0.15) is 22.0 Å². The van der Waals surface area contributed by atoms with E-state index in [2.05, 4.69) is 9.82 Å². The van der Waals surface area contributed by atoms with Gasteiger partial charge in [-0.1, -0.05) is 6.08 Å². The number of rotatable bonds is 2. The number of aromatic nitrogens is 1. The summed E-state index contributed by atoms with van der Waals surface area (Å²) >= 11 is 1.55. The van der Waals surface area contributed by atoms with Gasteiger partial charge in [-0.25, -0.2) is 4.98 Å². The van der Waals surface area contributed by atoms with Gasteiger partial charge in [-0.15, -0.1) is 11.3 Å². The van der Waals surface area contributed by atoms with Crippen LogP contribution in [0.25, 0.3) is 5.57 Å². The maximum absolute atomic E-state index is 7.59. The zero-order valence-corrected chi connectivity index (χ0v) is 9.76. The van der Waals surface area contributed by atoms with Gasteiger partial charge >= 0.3 is 0 Å². The molecule has 16 heavy (non-hydrogen) atoms. The van der Waals surface area contributed by atoms with E-state index < -0.39 is 0 Å².